The van der Waals surface area contributed by atoms with E-state index in [0.29, 0.717) is 19.3 Å². The van der Waals surface area contributed by atoms with Crippen molar-refractivity contribution < 1.29 is 14.6 Å². The van der Waals surface area contributed by atoms with Crippen LogP contribution < -0.4 is 5.43 Å². The maximum absolute atomic E-state index is 9.79. The SMILES string of the molecule is OC(CNN1CCOCC1)COC1CCCC1. The standard InChI is InChI=1S/C12H24N2O3/c15-11(10-17-12-3-1-2-4-12)9-13-14-5-7-16-8-6-14/h11-13,15H,1-10H2. The first-order valence-corrected chi connectivity index (χ1v) is 6.70. The highest BCUT2D eigenvalue weighted by atomic mass is 16.5. The lowest BCUT2D eigenvalue weighted by Gasteiger charge is -2.28. The van der Waals surface area contributed by atoms with Gasteiger partial charge in [0.25, 0.3) is 0 Å². The first kappa shape index (κ1) is 13.2. The van der Waals surface area contributed by atoms with Crippen LogP contribution in [0.5, 0.6) is 0 Å². The van der Waals surface area contributed by atoms with Crippen molar-refractivity contribution >= 4 is 0 Å². The van der Waals surface area contributed by atoms with Crippen molar-refractivity contribution in [1.29, 1.82) is 0 Å². The van der Waals surface area contributed by atoms with E-state index in [1.807, 2.05) is 0 Å². The van der Waals surface area contributed by atoms with Crippen LogP contribution in [0.25, 0.3) is 0 Å². The summed E-state index contributed by atoms with van der Waals surface area (Å²) in [6.45, 7) is 4.31. The van der Waals surface area contributed by atoms with E-state index in [0.717, 1.165) is 39.1 Å². The fraction of sp³-hybridized carbons (Fsp3) is 1.00. The van der Waals surface area contributed by atoms with Crippen molar-refractivity contribution in [1.82, 2.24) is 10.4 Å². The van der Waals surface area contributed by atoms with Crippen LogP contribution in [-0.4, -0.2) is 61.8 Å². The molecule has 5 heteroatoms. The predicted molar refractivity (Wildman–Crippen MR) is 64.6 cm³/mol. The van der Waals surface area contributed by atoms with Crippen LogP contribution in [0, 0.1) is 0 Å². The van der Waals surface area contributed by atoms with Crippen molar-refractivity contribution in [3.05, 3.63) is 0 Å². The summed E-state index contributed by atoms with van der Waals surface area (Å²) >= 11 is 0. The molecule has 2 rings (SSSR count). The third kappa shape index (κ3) is 4.89. The maximum Gasteiger partial charge on any atom is 0.0911 e. The smallest absolute Gasteiger partial charge is 0.0911 e. The molecule has 0 aromatic rings. The van der Waals surface area contributed by atoms with E-state index >= 15 is 0 Å². The van der Waals surface area contributed by atoms with Crippen molar-refractivity contribution in [2.24, 2.45) is 0 Å². The Morgan fingerprint density at radius 2 is 2.00 bits per heavy atom. The summed E-state index contributed by atoms with van der Waals surface area (Å²) in [5.74, 6) is 0. The van der Waals surface area contributed by atoms with Gasteiger partial charge in [-0.25, -0.2) is 5.01 Å². The van der Waals surface area contributed by atoms with Gasteiger partial charge in [0.05, 0.1) is 32.0 Å². The molecular formula is C12H24N2O3. The van der Waals surface area contributed by atoms with Crippen molar-refractivity contribution in [3.8, 4) is 0 Å². The van der Waals surface area contributed by atoms with Gasteiger partial charge in [0.2, 0.25) is 0 Å². The zero-order valence-electron chi connectivity index (χ0n) is 10.4. The molecule has 0 aromatic carbocycles. The maximum atomic E-state index is 9.79. The van der Waals surface area contributed by atoms with Gasteiger partial charge >= 0.3 is 0 Å². The van der Waals surface area contributed by atoms with Gasteiger partial charge in [-0.3, -0.25) is 5.43 Å². The Kier molecular flexibility index (Phi) is 5.67. The number of hydrogen-bond donors (Lipinski definition) is 2. The van der Waals surface area contributed by atoms with Gasteiger partial charge in [-0.15, -0.1) is 0 Å². The topological polar surface area (TPSA) is 54.0 Å². The number of nitrogens with zero attached hydrogens (tertiary/aromatic N) is 1. The van der Waals surface area contributed by atoms with Gasteiger partial charge in [0, 0.05) is 19.6 Å². The third-order valence-electron chi connectivity index (χ3n) is 3.39. The number of morpholine rings is 1. The van der Waals surface area contributed by atoms with Crippen molar-refractivity contribution in [3.63, 3.8) is 0 Å². The number of rotatable bonds is 6. The molecule has 1 unspecified atom stereocenters. The number of ether oxygens (including phenoxy) is 2. The second-order valence-electron chi connectivity index (χ2n) is 4.86. The minimum absolute atomic E-state index is 0.382. The predicted octanol–water partition coefficient (Wildman–Crippen LogP) is 0.143. The molecule has 1 heterocycles. The van der Waals surface area contributed by atoms with E-state index in [1.54, 1.807) is 0 Å². The van der Waals surface area contributed by atoms with Gasteiger partial charge < -0.3 is 14.6 Å². The summed E-state index contributed by atoms with van der Waals surface area (Å²) in [4.78, 5) is 0. The molecule has 5 nitrogen and oxygen atoms in total. The van der Waals surface area contributed by atoms with Crippen molar-refractivity contribution in [2.45, 2.75) is 37.9 Å². The molecule has 17 heavy (non-hydrogen) atoms. The van der Waals surface area contributed by atoms with Crippen LogP contribution in [0.2, 0.25) is 0 Å². The molecule has 100 valence electrons. The summed E-state index contributed by atoms with van der Waals surface area (Å²) in [5, 5.41) is 11.9. The number of hydrazine groups is 1. The Labute approximate surface area is 103 Å². The van der Waals surface area contributed by atoms with Crippen LogP contribution in [-0.2, 0) is 9.47 Å². The highest BCUT2D eigenvalue weighted by Crippen LogP contribution is 2.20. The highest BCUT2D eigenvalue weighted by Gasteiger charge is 2.17. The van der Waals surface area contributed by atoms with Crippen LogP contribution in [0.3, 0.4) is 0 Å². The van der Waals surface area contributed by atoms with Crippen LogP contribution in [0.15, 0.2) is 0 Å². The second-order valence-corrected chi connectivity index (χ2v) is 4.86. The summed E-state index contributed by atoms with van der Waals surface area (Å²) in [6, 6.07) is 0. The average Bonchev–Trinajstić information content (AvgIpc) is 2.88. The molecule has 1 aliphatic carbocycles. The van der Waals surface area contributed by atoms with Crippen LogP contribution in [0.4, 0.5) is 0 Å². The van der Waals surface area contributed by atoms with E-state index in [2.05, 4.69) is 10.4 Å². The fourth-order valence-corrected chi connectivity index (χ4v) is 2.32. The van der Waals surface area contributed by atoms with E-state index in [-0.39, 0.29) is 0 Å². The Balaban J connectivity index is 1.52. The van der Waals surface area contributed by atoms with Crippen molar-refractivity contribution in [2.75, 3.05) is 39.5 Å². The summed E-state index contributed by atoms with van der Waals surface area (Å²) < 4.78 is 10.9. The van der Waals surface area contributed by atoms with E-state index < -0.39 is 6.10 Å². The van der Waals surface area contributed by atoms with Gasteiger partial charge in [-0.2, -0.15) is 0 Å². The van der Waals surface area contributed by atoms with Crippen LogP contribution >= 0.6 is 0 Å². The Morgan fingerprint density at radius 1 is 1.29 bits per heavy atom. The minimum atomic E-state index is -0.418. The quantitative estimate of drug-likeness (QED) is 0.696. The molecule has 2 N–H and O–H groups in total. The monoisotopic (exact) mass is 244 g/mol. The Hall–Kier alpha value is -0.200. The Morgan fingerprint density at radius 3 is 2.71 bits per heavy atom. The van der Waals surface area contributed by atoms with E-state index in [4.69, 9.17) is 9.47 Å². The molecule has 0 radical (unpaired) electrons. The molecule has 0 spiro atoms. The van der Waals surface area contributed by atoms with Gasteiger partial charge in [0.15, 0.2) is 0 Å². The largest absolute Gasteiger partial charge is 0.389 e. The molecule has 0 bridgehead atoms. The third-order valence-corrected chi connectivity index (χ3v) is 3.39. The summed E-state index contributed by atoms with van der Waals surface area (Å²) in [7, 11) is 0. The summed E-state index contributed by atoms with van der Waals surface area (Å²) in [5.41, 5.74) is 3.22. The number of aliphatic hydroxyl groups excluding tert-OH is 1. The number of nitrogens with one attached hydrogen (secondary N) is 1. The first-order chi connectivity index (χ1) is 8.34. The lowest BCUT2D eigenvalue weighted by Crippen LogP contribution is -2.48. The van der Waals surface area contributed by atoms with E-state index in [1.165, 1.54) is 12.8 Å². The van der Waals surface area contributed by atoms with Gasteiger partial charge in [0.1, 0.15) is 0 Å². The molecule has 1 saturated carbocycles. The molecule has 2 aliphatic rings. The number of hydrogen-bond acceptors (Lipinski definition) is 5. The molecule has 2 fully saturated rings. The van der Waals surface area contributed by atoms with Gasteiger partial charge in [-0.05, 0) is 12.8 Å². The van der Waals surface area contributed by atoms with Crippen LogP contribution in [0.1, 0.15) is 25.7 Å². The zero-order valence-corrected chi connectivity index (χ0v) is 10.4. The number of aliphatic hydroxyl groups is 1. The fourth-order valence-electron chi connectivity index (χ4n) is 2.32. The van der Waals surface area contributed by atoms with E-state index in [9.17, 15) is 5.11 Å². The molecule has 0 amide bonds. The molecule has 1 saturated heterocycles. The molecular weight excluding hydrogens is 220 g/mol. The Bertz CT molecular complexity index is 204. The van der Waals surface area contributed by atoms with Gasteiger partial charge in [-0.1, -0.05) is 12.8 Å². The molecule has 0 aromatic heterocycles. The second kappa shape index (κ2) is 7.28. The minimum Gasteiger partial charge on any atom is -0.389 e. The zero-order chi connectivity index (χ0) is 11.9. The lowest BCUT2D eigenvalue weighted by molar-refractivity contribution is -0.0268. The highest BCUT2D eigenvalue weighted by molar-refractivity contribution is 4.68. The normalized spacial score (nSPS) is 25.2. The first-order valence-electron chi connectivity index (χ1n) is 6.70. The summed E-state index contributed by atoms with van der Waals surface area (Å²) in [6.07, 6.45) is 4.82. The molecule has 1 atom stereocenters. The average molecular weight is 244 g/mol. The lowest BCUT2D eigenvalue weighted by atomic mass is 10.3. The molecule has 1 aliphatic heterocycles.